The van der Waals surface area contributed by atoms with E-state index in [1.54, 1.807) is 12.1 Å². The van der Waals surface area contributed by atoms with Crippen LogP contribution in [0.15, 0.2) is 24.4 Å². The lowest BCUT2D eigenvalue weighted by atomic mass is 10.3. The zero-order valence-electron chi connectivity index (χ0n) is 9.98. The molecule has 98 valence electrons. The minimum absolute atomic E-state index is 0.176. The molecule has 0 amide bonds. The first-order valence-corrected chi connectivity index (χ1v) is 5.35. The summed E-state index contributed by atoms with van der Waals surface area (Å²) in [6, 6.07) is 5.35. The Morgan fingerprint density at radius 1 is 1.53 bits per heavy atom. The third-order valence-corrected chi connectivity index (χ3v) is 2.41. The zero-order chi connectivity index (χ0) is 14.0. The molecule has 0 aliphatic rings. The van der Waals surface area contributed by atoms with Crippen LogP contribution < -0.4 is 0 Å². The van der Waals surface area contributed by atoms with E-state index in [1.807, 2.05) is 13.0 Å². The van der Waals surface area contributed by atoms with Gasteiger partial charge in [0, 0.05) is 5.69 Å². The first-order chi connectivity index (χ1) is 8.97. The van der Waals surface area contributed by atoms with E-state index in [4.69, 9.17) is 5.11 Å². The summed E-state index contributed by atoms with van der Waals surface area (Å²) in [5.41, 5.74) is 0.352. The molecule has 8 nitrogen and oxygen atoms in total. The first-order valence-electron chi connectivity index (χ1n) is 5.35. The monoisotopic (exact) mass is 262 g/mol. The summed E-state index contributed by atoms with van der Waals surface area (Å²) < 4.78 is 1.20. The second kappa shape index (κ2) is 4.84. The lowest BCUT2D eigenvalue weighted by molar-refractivity contribution is -0.385. The van der Waals surface area contributed by atoms with Crippen molar-refractivity contribution in [3.63, 3.8) is 0 Å². The lowest BCUT2D eigenvalue weighted by Gasteiger charge is -2.01. The van der Waals surface area contributed by atoms with Crippen molar-refractivity contribution < 1.29 is 14.8 Å². The molecule has 8 heteroatoms. The summed E-state index contributed by atoms with van der Waals surface area (Å²) in [6.07, 6.45) is 1.09. The summed E-state index contributed by atoms with van der Waals surface area (Å²) in [6.45, 7) is 1.99. The van der Waals surface area contributed by atoms with E-state index in [0.717, 1.165) is 11.9 Å². The third kappa shape index (κ3) is 2.73. The average Bonchev–Trinajstić information content (AvgIpc) is 2.73. The van der Waals surface area contributed by atoms with Crippen molar-refractivity contribution >= 4 is 11.7 Å². The fraction of sp³-hybridized carbons (Fsp3) is 0.182. The number of carboxylic acid groups (broad SMARTS) is 1. The molecular weight excluding hydrogens is 252 g/mol. The number of nitrogens with zero attached hydrogens (tertiary/aromatic N) is 4. The second-order valence-corrected chi connectivity index (χ2v) is 3.89. The van der Waals surface area contributed by atoms with E-state index >= 15 is 0 Å². The van der Waals surface area contributed by atoms with Crippen LogP contribution in [0.25, 0.3) is 0 Å². The van der Waals surface area contributed by atoms with Crippen LogP contribution in [0.4, 0.5) is 5.69 Å². The largest absolute Gasteiger partial charge is 0.476 e. The van der Waals surface area contributed by atoms with E-state index in [0.29, 0.717) is 5.69 Å². The minimum atomic E-state index is -1.43. The average molecular weight is 262 g/mol. The van der Waals surface area contributed by atoms with E-state index in [-0.39, 0.29) is 6.54 Å². The molecule has 0 fully saturated rings. The predicted octanol–water partition coefficient (Wildman–Crippen LogP) is 1.24. The van der Waals surface area contributed by atoms with Crippen LogP contribution >= 0.6 is 0 Å². The molecule has 0 aliphatic carbocycles. The molecule has 1 N–H and O–H groups in total. The molecule has 0 aromatic carbocycles. The Balaban J connectivity index is 2.34. The lowest BCUT2D eigenvalue weighted by Crippen LogP contribution is -2.05. The van der Waals surface area contributed by atoms with Gasteiger partial charge in [0.1, 0.15) is 6.20 Å². The molecule has 19 heavy (non-hydrogen) atoms. The molecule has 2 aromatic heterocycles. The van der Waals surface area contributed by atoms with E-state index in [2.05, 4.69) is 10.1 Å². The highest BCUT2D eigenvalue weighted by atomic mass is 16.6. The van der Waals surface area contributed by atoms with Crippen LogP contribution in [0.2, 0.25) is 0 Å². The molecule has 2 heterocycles. The van der Waals surface area contributed by atoms with Crippen LogP contribution in [0.3, 0.4) is 0 Å². The quantitative estimate of drug-likeness (QED) is 0.655. The van der Waals surface area contributed by atoms with Crippen LogP contribution in [0.5, 0.6) is 0 Å². The van der Waals surface area contributed by atoms with Crippen LogP contribution in [-0.2, 0) is 6.54 Å². The molecule has 0 saturated carbocycles. The molecule has 0 radical (unpaired) electrons. The maximum absolute atomic E-state index is 10.9. The molecule has 0 atom stereocenters. The number of hydrogen-bond acceptors (Lipinski definition) is 5. The van der Waals surface area contributed by atoms with E-state index in [9.17, 15) is 14.9 Å². The van der Waals surface area contributed by atoms with Gasteiger partial charge in [-0.3, -0.25) is 19.8 Å². The smallest absolute Gasteiger partial charge is 0.363 e. The number of carboxylic acids is 1. The fourth-order valence-corrected chi connectivity index (χ4v) is 1.63. The Labute approximate surface area is 107 Å². The van der Waals surface area contributed by atoms with Crippen molar-refractivity contribution in [2.45, 2.75) is 13.5 Å². The van der Waals surface area contributed by atoms with Crippen LogP contribution in [-0.4, -0.2) is 30.8 Å². The topological polar surface area (TPSA) is 111 Å². The number of aryl methyl sites for hydroxylation is 1. The van der Waals surface area contributed by atoms with Crippen molar-refractivity contribution in [1.82, 2.24) is 14.8 Å². The maximum atomic E-state index is 10.9. The van der Waals surface area contributed by atoms with Gasteiger partial charge in [-0.1, -0.05) is 6.07 Å². The Hall–Kier alpha value is -2.77. The van der Waals surface area contributed by atoms with Crippen molar-refractivity contribution in [2.24, 2.45) is 0 Å². The van der Waals surface area contributed by atoms with Gasteiger partial charge in [0.15, 0.2) is 0 Å². The van der Waals surface area contributed by atoms with Crippen molar-refractivity contribution in [3.8, 4) is 0 Å². The first kappa shape index (κ1) is 12.7. The number of rotatable bonds is 4. The van der Waals surface area contributed by atoms with Gasteiger partial charge in [0.25, 0.3) is 0 Å². The highest BCUT2D eigenvalue weighted by Crippen LogP contribution is 2.17. The molecule has 2 rings (SSSR count). The van der Waals surface area contributed by atoms with Crippen molar-refractivity contribution in [3.05, 3.63) is 51.6 Å². The van der Waals surface area contributed by atoms with Crippen molar-refractivity contribution in [2.75, 3.05) is 0 Å². The standard InChI is InChI=1S/C11H10N4O4/c1-7-3-2-4-8(12-7)5-14-6-9(15(18)19)10(13-14)11(16)17/h2-4,6H,5H2,1H3,(H,16,17). The number of nitro groups is 1. The van der Waals surface area contributed by atoms with Gasteiger partial charge < -0.3 is 5.11 Å². The SMILES string of the molecule is Cc1cccc(Cn2cc([N+](=O)[O-])c(C(=O)O)n2)n1. The predicted molar refractivity (Wildman–Crippen MR) is 63.9 cm³/mol. The molecule has 0 saturated heterocycles. The zero-order valence-corrected chi connectivity index (χ0v) is 9.98. The number of aromatic nitrogens is 3. The Morgan fingerprint density at radius 2 is 2.26 bits per heavy atom. The van der Waals surface area contributed by atoms with E-state index in [1.165, 1.54) is 4.68 Å². The molecule has 0 aliphatic heterocycles. The Kier molecular flexibility index (Phi) is 3.23. The second-order valence-electron chi connectivity index (χ2n) is 3.89. The highest BCUT2D eigenvalue weighted by molar-refractivity contribution is 5.89. The maximum Gasteiger partial charge on any atom is 0.363 e. The summed E-state index contributed by atoms with van der Waals surface area (Å²) in [7, 11) is 0. The third-order valence-electron chi connectivity index (χ3n) is 2.41. The summed E-state index contributed by atoms with van der Waals surface area (Å²) in [4.78, 5) is 25.0. The summed E-state index contributed by atoms with van der Waals surface area (Å²) in [5, 5.41) is 23.3. The van der Waals surface area contributed by atoms with Gasteiger partial charge in [-0.2, -0.15) is 5.10 Å². The normalized spacial score (nSPS) is 10.4. The van der Waals surface area contributed by atoms with Gasteiger partial charge in [-0.05, 0) is 19.1 Å². The number of carbonyl (C=O) groups is 1. The Morgan fingerprint density at radius 3 is 2.79 bits per heavy atom. The summed E-state index contributed by atoms with van der Waals surface area (Å²) in [5.74, 6) is -1.43. The minimum Gasteiger partial charge on any atom is -0.476 e. The van der Waals surface area contributed by atoms with Crippen LogP contribution in [0, 0.1) is 17.0 Å². The van der Waals surface area contributed by atoms with E-state index < -0.39 is 22.3 Å². The Bertz CT molecular complexity index is 618. The van der Waals surface area contributed by atoms with Gasteiger partial charge >= 0.3 is 11.7 Å². The van der Waals surface area contributed by atoms with Gasteiger partial charge in [-0.25, -0.2) is 4.79 Å². The number of aromatic carboxylic acids is 1. The summed E-state index contributed by atoms with van der Waals surface area (Å²) >= 11 is 0. The molecular formula is C11H10N4O4. The molecule has 2 aromatic rings. The highest BCUT2D eigenvalue weighted by Gasteiger charge is 2.25. The molecule has 0 spiro atoms. The molecule has 0 unspecified atom stereocenters. The fourth-order valence-electron chi connectivity index (χ4n) is 1.63. The molecule has 0 bridgehead atoms. The number of hydrogen-bond donors (Lipinski definition) is 1. The van der Waals surface area contributed by atoms with Crippen molar-refractivity contribution in [1.29, 1.82) is 0 Å². The van der Waals surface area contributed by atoms with Gasteiger partial charge in [0.05, 0.1) is 17.2 Å². The number of pyridine rings is 1. The van der Waals surface area contributed by atoms with Gasteiger partial charge in [0.2, 0.25) is 5.69 Å². The van der Waals surface area contributed by atoms with Gasteiger partial charge in [-0.15, -0.1) is 0 Å². The van der Waals surface area contributed by atoms with Crippen LogP contribution in [0.1, 0.15) is 21.9 Å².